The standard InChI is InChI=1S/C9H6N4O/c10-3-4-12-9(14)8-2-1-7(5-11)6-13-8/h1-2,6H,4H2,(H,12,14). The molecular formula is C9H6N4O. The van der Waals surface area contributed by atoms with Crippen molar-refractivity contribution in [3.8, 4) is 12.1 Å². The predicted molar refractivity (Wildman–Crippen MR) is 46.9 cm³/mol. The average Bonchev–Trinajstić information content (AvgIpc) is 2.26. The Morgan fingerprint density at radius 3 is 2.79 bits per heavy atom. The van der Waals surface area contributed by atoms with E-state index in [1.165, 1.54) is 18.3 Å². The summed E-state index contributed by atoms with van der Waals surface area (Å²) in [7, 11) is 0. The van der Waals surface area contributed by atoms with E-state index in [0.717, 1.165) is 0 Å². The molecule has 1 rings (SSSR count). The Balaban J connectivity index is 2.74. The summed E-state index contributed by atoms with van der Waals surface area (Å²) in [5, 5.41) is 19.0. The quantitative estimate of drug-likeness (QED) is 0.668. The second kappa shape index (κ2) is 4.58. The molecule has 0 radical (unpaired) electrons. The molecule has 5 heteroatoms. The molecule has 14 heavy (non-hydrogen) atoms. The molecule has 0 aliphatic rings. The first-order valence-electron chi connectivity index (χ1n) is 3.79. The summed E-state index contributed by atoms with van der Waals surface area (Å²) >= 11 is 0. The Hall–Kier alpha value is -2.40. The van der Waals surface area contributed by atoms with E-state index in [9.17, 15) is 4.79 Å². The van der Waals surface area contributed by atoms with Crippen LogP contribution in [0.5, 0.6) is 0 Å². The molecule has 0 atom stereocenters. The SMILES string of the molecule is N#CCNC(=O)c1ccc(C#N)cn1. The normalized spacial score (nSPS) is 8.43. The lowest BCUT2D eigenvalue weighted by Gasteiger charge is -1.98. The van der Waals surface area contributed by atoms with Gasteiger partial charge in [0, 0.05) is 6.20 Å². The molecule has 0 aromatic carbocycles. The lowest BCUT2D eigenvalue weighted by molar-refractivity contribution is 0.0953. The fourth-order valence-electron chi connectivity index (χ4n) is 0.805. The Morgan fingerprint density at radius 1 is 1.50 bits per heavy atom. The predicted octanol–water partition coefficient (Wildman–Crippen LogP) is 0.207. The van der Waals surface area contributed by atoms with Crippen molar-refractivity contribution in [1.29, 1.82) is 10.5 Å². The van der Waals surface area contributed by atoms with Crippen molar-refractivity contribution in [1.82, 2.24) is 10.3 Å². The lowest BCUT2D eigenvalue weighted by Crippen LogP contribution is -2.24. The summed E-state index contributed by atoms with van der Waals surface area (Å²) in [5.74, 6) is -0.420. The van der Waals surface area contributed by atoms with E-state index in [1.54, 1.807) is 6.07 Å². The molecule has 0 spiro atoms. The lowest BCUT2D eigenvalue weighted by atomic mass is 10.2. The van der Waals surface area contributed by atoms with Gasteiger partial charge in [0.15, 0.2) is 0 Å². The van der Waals surface area contributed by atoms with Gasteiger partial charge in [0.1, 0.15) is 18.3 Å². The minimum atomic E-state index is -0.420. The van der Waals surface area contributed by atoms with Crippen LogP contribution in [-0.2, 0) is 0 Å². The van der Waals surface area contributed by atoms with Crippen LogP contribution in [-0.4, -0.2) is 17.4 Å². The maximum absolute atomic E-state index is 11.2. The zero-order valence-electron chi connectivity index (χ0n) is 7.19. The number of hydrogen-bond acceptors (Lipinski definition) is 4. The van der Waals surface area contributed by atoms with E-state index < -0.39 is 5.91 Å². The zero-order chi connectivity index (χ0) is 10.4. The number of pyridine rings is 1. The number of aromatic nitrogens is 1. The summed E-state index contributed by atoms with van der Waals surface area (Å²) < 4.78 is 0. The van der Waals surface area contributed by atoms with Crippen molar-refractivity contribution >= 4 is 5.91 Å². The number of carbonyl (C=O) groups is 1. The summed E-state index contributed by atoms with van der Waals surface area (Å²) in [6.45, 7) is -0.0550. The Kier molecular flexibility index (Phi) is 3.17. The van der Waals surface area contributed by atoms with Crippen molar-refractivity contribution in [2.24, 2.45) is 0 Å². The Labute approximate surface area is 80.6 Å². The van der Waals surface area contributed by atoms with Crippen molar-refractivity contribution in [3.63, 3.8) is 0 Å². The molecule has 0 saturated heterocycles. The molecule has 0 aliphatic carbocycles. The van der Waals surface area contributed by atoms with E-state index in [0.29, 0.717) is 5.56 Å². The molecule has 0 saturated carbocycles. The molecule has 68 valence electrons. The van der Waals surface area contributed by atoms with Gasteiger partial charge in [0.2, 0.25) is 0 Å². The highest BCUT2D eigenvalue weighted by molar-refractivity contribution is 5.92. The van der Waals surface area contributed by atoms with Gasteiger partial charge in [-0.1, -0.05) is 0 Å². The Bertz CT molecular complexity index is 410. The van der Waals surface area contributed by atoms with E-state index >= 15 is 0 Å². The van der Waals surface area contributed by atoms with Crippen LogP contribution in [0.3, 0.4) is 0 Å². The third-order valence-electron chi connectivity index (χ3n) is 1.45. The average molecular weight is 186 g/mol. The largest absolute Gasteiger partial charge is 0.338 e. The molecule has 1 aromatic rings. The molecule has 1 amide bonds. The van der Waals surface area contributed by atoms with Crippen LogP contribution < -0.4 is 5.32 Å². The molecule has 0 unspecified atom stereocenters. The molecule has 1 heterocycles. The van der Waals surface area contributed by atoms with E-state index in [2.05, 4.69) is 10.3 Å². The van der Waals surface area contributed by atoms with Crippen LogP contribution in [0, 0.1) is 22.7 Å². The topological polar surface area (TPSA) is 89.6 Å². The number of nitrogens with zero attached hydrogens (tertiary/aromatic N) is 3. The molecule has 5 nitrogen and oxygen atoms in total. The second-order valence-electron chi connectivity index (χ2n) is 2.38. The van der Waals surface area contributed by atoms with Crippen LogP contribution in [0.15, 0.2) is 18.3 Å². The smallest absolute Gasteiger partial charge is 0.270 e. The van der Waals surface area contributed by atoms with Crippen LogP contribution >= 0.6 is 0 Å². The van der Waals surface area contributed by atoms with Crippen molar-refractivity contribution in [3.05, 3.63) is 29.6 Å². The third kappa shape index (κ3) is 2.29. The van der Waals surface area contributed by atoms with E-state index in [-0.39, 0.29) is 12.2 Å². The van der Waals surface area contributed by atoms with Gasteiger partial charge in [-0.2, -0.15) is 10.5 Å². The zero-order valence-corrected chi connectivity index (χ0v) is 7.19. The number of nitrogens with one attached hydrogen (secondary N) is 1. The van der Waals surface area contributed by atoms with Crippen molar-refractivity contribution in [2.75, 3.05) is 6.54 Å². The molecule has 0 bridgehead atoms. The van der Waals surface area contributed by atoms with Crippen LogP contribution in [0.25, 0.3) is 0 Å². The highest BCUT2D eigenvalue weighted by Gasteiger charge is 2.05. The van der Waals surface area contributed by atoms with Gasteiger partial charge in [0.05, 0.1) is 11.6 Å². The third-order valence-corrected chi connectivity index (χ3v) is 1.45. The van der Waals surface area contributed by atoms with E-state index in [1.807, 2.05) is 6.07 Å². The monoisotopic (exact) mass is 186 g/mol. The van der Waals surface area contributed by atoms with Crippen LogP contribution in [0.4, 0.5) is 0 Å². The first kappa shape index (κ1) is 9.69. The molecule has 1 N–H and O–H groups in total. The number of amides is 1. The first-order chi connectivity index (χ1) is 6.77. The Morgan fingerprint density at radius 2 is 2.29 bits per heavy atom. The van der Waals surface area contributed by atoms with Gasteiger partial charge in [0.25, 0.3) is 5.91 Å². The molecule has 0 aliphatic heterocycles. The number of rotatable bonds is 2. The van der Waals surface area contributed by atoms with Gasteiger partial charge in [-0.05, 0) is 12.1 Å². The number of hydrogen-bond donors (Lipinski definition) is 1. The molecular weight excluding hydrogens is 180 g/mol. The van der Waals surface area contributed by atoms with Crippen LogP contribution in [0.1, 0.15) is 16.1 Å². The van der Waals surface area contributed by atoms with Gasteiger partial charge in [-0.25, -0.2) is 4.98 Å². The summed E-state index contributed by atoms with van der Waals surface area (Å²) in [6.07, 6.45) is 1.31. The minimum Gasteiger partial charge on any atom is -0.338 e. The van der Waals surface area contributed by atoms with Crippen molar-refractivity contribution < 1.29 is 4.79 Å². The fourth-order valence-corrected chi connectivity index (χ4v) is 0.805. The first-order valence-corrected chi connectivity index (χ1v) is 3.79. The highest BCUT2D eigenvalue weighted by atomic mass is 16.1. The maximum Gasteiger partial charge on any atom is 0.270 e. The van der Waals surface area contributed by atoms with Crippen molar-refractivity contribution in [2.45, 2.75) is 0 Å². The van der Waals surface area contributed by atoms with E-state index in [4.69, 9.17) is 10.5 Å². The molecule has 1 aromatic heterocycles. The van der Waals surface area contributed by atoms with Crippen LogP contribution in [0.2, 0.25) is 0 Å². The summed E-state index contributed by atoms with van der Waals surface area (Å²) in [6, 6.07) is 6.60. The number of carbonyl (C=O) groups excluding carboxylic acids is 1. The summed E-state index contributed by atoms with van der Waals surface area (Å²) in [4.78, 5) is 15.0. The maximum atomic E-state index is 11.2. The van der Waals surface area contributed by atoms with Gasteiger partial charge >= 0.3 is 0 Å². The minimum absolute atomic E-state index is 0.0550. The van der Waals surface area contributed by atoms with Gasteiger partial charge in [-0.15, -0.1) is 0 Å². The molecule has 0 fully saturated rings. The number of nitriles is 2. The highest BCUT2D eigenvalue weighted by Crippen LogP contribution is 1.98. The second-order valence-corrected chi connectivity index (χ2v) is 2.38. The summed E-state index contributed by atoms with van der Waals surface area (Å²) in [5.41, 5.74) is 0.584. The fraction of sp³-hybridized carbons (Fsp3) is 0.111. The van der Waals surface area contributed by atoms with Gasteiger partial charge < -0.3 is 5.32 Å². The van der Waals surface area contributed by atoms with Gasteiger partial charge in [-0.3, -0.25) is 4.79 Å².